The Morgan fingerprint density at radius 1 is 1.27 bits per heavy atom. The lowest BCUT2D eigenvalue weighted by atomic mass is 10.2. The van der Waals surface area contributed by atoms with Crippen molar-refractivity contribution in [3.8, 4) is 0 Å². The Bertz CT molecular complexity index is 732. The van der Waals surface area contributed by atoms with Crippen molar-refractivity contribution in [1.29, 1.82) is 0 Å². The molecular weight excluding hydrogens is 360 g/mol. The lowest BCUT2D eigenvalue weighted by Gasteiger charge is -2.12. The summed E-state index contributed by atoms with van der Waals surface area (Å²) < 4.78 is 32.6. The van der Waals surface area contributed by atoms with Gasteiger partial charge in [0.1, 0.15) is 0 Å². The van der Waals surface area contributed by atoms with E-state index < -0.39 is 22.0 Å². The summed E-state index contributed by atoms with van der Waals surface area (Å²) in [6.07, 6.45) is 2.37. The van der Waals surface area contributed by atoms with Crippen LogP contribution < -0.4 is 20.9 Å². The van der Waals surface area contributed by atoms with Crippen LogP contribution in [-0.2, 0) is 14.8 Å². The van der Waals surface area contributed by atoms with Crippen molar-refractivity contribution >= 4 is 22.0 Å². The molecule has 1 fully saturated rings. The molecule has 0 aromatic heterocycles. The number of hydrogen-bond acceptors (Lipinski definition) is 5. The van der Waals surface area contributed by atoms with Gasteiger partial charge in [-0.25, -0.2) is 23.4 Å². The Balaban J connectivity index is 1.95. The van der Waals surface area contributed by atoms with E-state index in [0.29, 0.717) is 13.2 Å². The first-order valence-electron chi connectivity index (χ1n) is 8.48. The predicted octanol–water partition coefficient (Wildman–Crippen LogP) is 0.498. The van der Waals surface area contributed by atoms with Crippen LogP contribution in [0.5, 0.6) is 0 Å². The van der Waals surface area contributed by atoms with E-state index in [1.807, 2.05) is 6.92 Å². The molecule has 1 atom stereocenters. The summed E-state index contributed by atoms with van der Waals surface area (Å²) >= 11 is 0. The summed E-state index contributed by atoms with van der Waals surface area (Å²) in [5, 5.41) is 2.54. The second-order valence-electron chi connectivity index (χ2n) is 5.85. The summed E-state index contributed by atoms with van der Waals surface area (Å²) in [5.41, 5.74) is 4.54. The number of benzene rings is 1. The van der Waals surface area contributed by atoms with Crippen molar-refractivity contribution in [2.45, 2.75) is 37.2 Å². The molecule has 1 aromatic carbocycles. The lowest BCUT2D eigenvalue weighted by molar-refractivity contribution is 0.0936. The van der Waals surface area contributed by atoms with Crippen molar-refractivity contribution in [3.63, 3.8) is 0 Å². The van der Waals surface area contributed by atoms with Gasteiger partial charge in [-0.1, -0.05) is 13.0 Å². The molecule has 0 spiro atoms. The van der Waals surface area contributed by atoms with Crippen LogP contribution in [0.15, 0.2) is 29.2 Å². The van der Waals surface area contributed by atoms with Crippen LogP contribution in [-0.4, -0.2) is 46.2 Å². The molecular formula is C16H24N4O5S. The Labute approximate surface area is 152 Å². The number of amides is 3. The fourth-order valence-corrected chi connectivity index (χ4v) is 3.48. The highest BCUT2D eigenvalue weighted by molar-refractivity contribution is 7.89. The van der Waals surface area contributed by atoms with Crippen molar-refractivity contribution in [3.05, 3.63) is 29.8 Å². The summed E-state index contributed by atoms with van der Waals surface area (Å²) in [6.45, 7) is 3.21. The van der Waals surface area contributed by atoms with Crippen molar-refractivity contribution in [1.82, 2.24) is 20.9 Å². The van der Waals surface area contributed by atoms with Gasteiger partial charge in [0, 0.05) is 25.3 Å². The zero-order valence-electron chi connectivity index (χ0n) is 14.6. The minimum Gasteiger partial charge on any atom is -0.377 e. The molecule has 9 nitrogen and oxygen atoms in total. The molecule has 2 rings (SSSR count). The molecule has 1 aliphatic rings. The zero-order chi connectivity index (χ0) is 19.0. The van der Waals surface area contributed by atoms with Gasteiger partial charge in [0.25, 0.3) is 5.91 Å². The quantitative estimate of drug-likeness (QED) is 0.509. The fraction of sp³-hybridized carbons (Fsp3) is 0.500. The van der Waals surface area contributed by atoms with E-state index in [0.717, 1.165) is 19.3 Å². The first kappa shape index (κ1) is 20.1. The van der Waals surface area contributed by atoms with Gasteiger partial charge in [-0.15, -0.1) is 0 Å². The molecule has 0 aliphatic carbocycles. The minimum absolute atomic E-state index is 0.0291. The van der Waals surface area contributed by atoms with Crippen LogP contribution in [0.2, 0.25) is 0 Å². The van der Waals surface area contributed by atoms with Gasteiger partial charge in [0.2, 0.25) is 10.0 Å². The van der Waals surface area contributed by atoms with Crippen LogP contribution >= 0.6 is 0 Å². The molecule has 10 heteroatoms. The third kappa shape index (κ3) is 5.97. The van der Waals surface area contributed by atoms with Gasteiger partial charge in [0.15, 0.2) is 0 Å². The van der Waals surface area contributed by atoms with Crippen LogP contribution in [0.25, 0.3) is 0 Å². The number of carbonyl (C=O) groups is 2. The van der Waals surface area contributed by atoms with E-state index in [4.69, 9.17) is 4.74 Å². The minimum atomic E-state index is -3.76. The van der Waals surface area contributed by atoms with E-state index in [2.05, 4.69) is 20.9 Å². The topological polar surface area (TPSA) is 126 Å². The van der Waals surface area contributed by atoms with Crippen LogP contribution in [0.1, 0.15) is 36.5 Å². The van der Waals surface area contributed by atoms with E-state index in [9.17, 15) is 18.0 Å². The predicted molar refractivity (Wildman–Crippen MR) is 94.9 cm³/mol. The standard InChI is InChI=1S/C16H24N4O5S/c1-2-8-17-16(22)20-19-15(21)12-5-3-7-14(10-12)26(23,24)18-11-13-6-4-9-25-13/h3,5,7,10,13,18H,2,4,6,8-9,11H2,1H3,(H,19,21)(H2,17,20,22). The number of hydrazine groups is 1. The Morgan fingerprint density at radius 3 is 2.77 bits per heavy atom. The maximum atomic E-state index is 12.4. The monoisotopic (exact) mass is 384 g/mol. The van der Waals surface area contributed by atoms with Gasteiger partial charge in [0.05, 0.1) is 11.0 Å². The second-order valence-corrected chi connectivity index (χ2v) is 7.62. The molecule has 1 unspecified atom stereocenters. The number of nitrogens with one attached hydrogen (secondary N) is 4. The van der Waals surface area contributed by atoms with Gasteiger partial charge in [-0.2, -0.15) is 0 Å². The highest BCUT2D eigenvalue weighted by atomic mass is 32.2. The van der Waals surface area contributed by atoms with Gasteiger partial charge in [-0.05, 0) is 37.5 Å². The van der Waals surface area contributed by atoms with Crippen molar-refractivity contribution in [2.75, 3.05) is 19.7 Å². The van der Waals surface area contributed by atoms with Gasteiger partial charge < -0.3 is 10.1 Å². The number of rotatable bonds is 7. The highest BCUT2D eigenvalue weighted by Gasteiger charge is 2.21. The maximum absolute atomic E-state index is 12.4. The Morgan fingerprint density at radius 2 is 2.08 bits per heavy atom. The maximum Gasteiger partial charge on any atom is 0.333 e. The molecule has 0 bridgehead atoms. The van der Waals surface area contributed by atoms with E-state index in [1.165, 1.54) is 24.3 Å². The molecule has 1 saturated heterocycles. The Kier molecular flexibility index (Phi) is 7.37. The van der Waals surface area contributed by atoms with E-state index in [-0.39, 0.29) is 23.1 Å². The third-order valence-electron chi connectivity index (χ3n) is 3.76. The summed E-state index contributed by atoms with van der Waals surface area (Å²) in [7, 11) is -3.76. The lowest BCUT2D eigenvalue weighted by Crippen LogP contribution is -2.47. The number of ether oxygens (including phenoxy) is 1. The molecule has 0 saturated carbocycles. The summed E-state index contributed by atoms with van der Waals surface area (Å²) in [4.78, 5) is 23.5. The normalized spacial score (nSPS) is 16.9. The van der Waals surface area contributed by atoms with Gasteiger partial charge >= 0.3 is 6.03 Å². The molecule has 0 radical (unpaired) electrons. The largest absolute Gasteiger partial charge is 0.377 e. The second kappa shape index (κ2) is 9.51. The smallest absolute Gasteiger partial charge is 0.333 e. The third-order valence-corrected chi connectivity index (χ3v) is 5.18. The Hall–Kier alpha value is -2.17. The number of sulfonamides is 1. The number of hydrogen-bond donors (Lipinski definition) is 4. The van der Waals surface area contributed by atoms with Crippen LogP contribution in [0.3, 0.4) is 0 Å². The average Bonchev–Trinajstić information content (AvgIpc) is 3.16. The number of carbonyl (C=O) groups excluding carboxylic acids is 2. The van der Waals surface area contributed by atoms with E-state index in [1.54, 1.807) is 0 Å². The molecule has 26 heavy (non-hydrogen) atoms. The van der Waals surface area contributed by atoms with Crippen LogP contribution in [0.4, 0.5) is 4.79 Å². The van der Waals surface area contributed by atoms with Crippen molar-refractivity contribution < 1.29 is 22.7 Å². The summed E-state index contributed by atoms with van der Waals surface area (Å²) in [5.74, 6) is -0.618. The zero-order valence-corrected chi connectivity index (χ0v) is 15.4. The molecule has 1 heterocycles. The molecule has 1 aromatic rings. The van der Waals surface area contributed by atoms with Crippen LogP contribution in [0, 0.1) is 0 Å². The fourth-order valence-electron chi connectivity index (χ4n) is 2.36. The molecule has 1 aliphatic heterocycles. The SMILES string of the molecule is CCCNC(=O)NNC(=O)c1cccc(S(=O)(=O)NCC2CCCO2)c1. The molecule has 3 amide bonds. The molecule has 144 valence electrons. The van der Waals surface area contributed by atoms with E-state index >= 15 is 0 Å². The molecule has 4 N–H and O–H groups in total. The van der Waals surface area contributed by atoms with Crippen molar-refractivity contribution in [2.24, 2.45) is 0 Å². The first-order chi connectivity index (χ1) is 12.4. The van der Waals surface area contributed by atoms with Gasteiger partial charge in [-0.3, -0.25) is 10.2 Å². The number of urea groups is 1. The average molecular weight is 384 g/mol. The first-order valence-corrected chi connectivity index (χ1v) is 9.96. The highest BCUT2D eigenvalue weighted by Crippen LogP contribution is 2.14. The summed E-state index contributed by atoms with van der Waals surface area (Å²) in [6, 6.07) is 5.03.